The largest absolute Gasteiger partial charge is 0.346 e. The lowest BCUT2D eigenvalue weighted by Gasteiger charge is -2.13. The molecule has 0 saturated carbocycles. The Balaban J connectivity index is 1.88. The van der Waals surface area contributed by atoms with E-state index in [-0.39, 0.29) is 12.2 Å². The van der Waals surface area contributed by atoms with Crippen molar-refractivity contribution in [2.75, 3.05) is 30.5 Å². The number of rotatable bonds is 6. The summed E-state index contributed by atoms with van der Waals surface area (Å²) in [6, 6.07) is 6.97. The minimum Gasteiger partial charge on any atom is -0.346 e. The van der Waals surface area contributed by atoms with Crippen LogP contribution in [0.4, 0.5) is 5.69 Å². The summed E-state index contributed by atoms with van der Waals surface area (Å²) in [6.07, 6.45) is 2.38. The minimum atomic E-state index is -0.469. The summed E-state index contributed by atoms with van der Waals surface area (Å²) >= 11 is 1.68. The van der Waals surface area contributed by atoms with Crippen molar-refractivity contribution in [3.63, 3.8) is 0 Å². The molecule has 1 aliphatic rings. The number of nitrogens with one attached hydrogen (secondary N) is 1. The molecular weight excluding hydrogens is 276 g/mol. The van der Waals surface area contributed by atoms with E-state index in [1.54, 1.807) is 11.8 Å². The molecule has 0 aromatic heterocycles. The standard InChI is InChI=1S/C14H20N2O3S/c1-20-9-6-12(15)13(17)16-11-4-2-10(3-5-11)14-18-7-8-19-14/h2-5,12,14H,6-9,15H2,1H3,(H,16,17)/t12-/m1/s1. The summed E-state index contributed by atoms with van der Waals surface area (Å²) in [7, 11) is 0. The third kappa shape index (κ3) is 4.21. The first-order chi connectivity index (χ1) is 9.70. The third-order valence-electron chi connectivity index (χ3n) is 3.04. The summed E-state index contributed by atoms with van der Waals surface area (Å²) in [5.74, 6) is 0.726. The van der Waals surface area contributed by atoms with E-state index in [4.69, 9.17) is 15.2 Å². The van der Waals surface area contributed by atoms with Crippen LogP contribution in [-0.2, 0) is 14.3 Å². The van der Waals surface area contributed by atoms with Crippen LogP contribution < -0.4 is 11.1 Å². The first-order valence-electron chi connectivity index (χ1n) is 6.59. The van der Waals surface area contributed by atoms with E-state index in [1.807, 2.05) is 30.5 Å². The predicted octanol–water partition coefficient (Wildman–Crippen LogP) is 1.75. The molecule has 1 heterocycles. The molecule has 0 spiro atoms. The highest BCUT2D eigenvalue weighted by Gasteiger charge is 2.18. The number of carbonyl (C=O) groups is 1. The van der Waals surface area contributed by atoms with Crippen LogP contribution in [0.1, 0.15) is 18.3 Å². The van der Waals surface area contributed by atoms with Gasteiger partial charge in [-0.1, -0.05) is 12.1 Å². The monoisotopic (exact) mass is 296 g/mol. The van der Waals surface area contributed by atoms with Crippen molar-refractivity contribution in [3.05, 3.63) is 29.8 Å². The van der Waals surface area contributed by atoms with Gasteiger partial charge < -0.3 is 20.5 Å². The summed E-state index contributed by atoms with van der Waals surface area (Å²) in [5.41, 5.74) is 7.50. The Hall–Kier alpha value is -1.08. The Morgan fingerprint density at radius 1 is 1.40 bits per heavy atom. The molecular formula is C14H20N2O3S. The molecule has 1 amide bonds. The van der Waals surface area contributed by atoms with Gasteiger partial charge in [0.15, 0.2) is 6.29 Å². The zero-order chi connectivity index (χ0) is 14.4. The second kappa shape index (κ2) is 7.64. The molecule has 6 heteroatoms. The zero-order valence-corrected chi connectivity index (χ0v) is 12.3. The van der Waals surface area contributed by atoms with Crippen molar-refractivity contribution < 1.29 is 14.3 Å². The molecule has 0 bridgehead atoms. The number of hydrogen-bond donors (Lipinski definition) is 2. The molecule has 5 nitrogen and oxygen atoms in total. The van der Waals surface area contributed by atoms with E-state index in [1.165, 1.54) is 0 Å². The summed E-state index contributed by atoms with van der Waals surface area (Å²) in [5, 5.41) is 2.81. The summed E-state index contributed by atoms with van der Waals surface area (Å²) < 4.78 is 10.8. The minimum absolute atomic E-state index is 0.153. The van der Waals surface area contributed by atoms with Gasteiger partial charge in [0.2, 0.25) is 5.91 Å². The Morgan fingerprint density at radius 2 is 2.05 bits per heavy atom. The maximum Gasteiger partial charge on any atom is 0.241 e. The van der Waals surface area contributed by atoms with Crippen molar-refractivity contribution in [2.45, 2.75) is 18.8 Å². The van der Waals surface area contributed by atoms with E-state index in [0.717, 1.165) is 17.0 Å². The summed E-state index contributed by atoms with van der Waals surface area (Å²) in [6.45, 7) is 1.24. The second-order valence-electron chi connectivity index (χ2n) is 4.57. The van der Waals surface area contributed by atoms with E-state index in [9.17, 15) is 4.79 Å². The zero-order valence-electron chi connectivity index (χ0n) is 11.5. The quantitative estimate of drug-likeness (QED) is 0.836. The van der Waals surface area contributed by atoms with Gasteiger partial charge in [0, 0.05) is 11.3 Å². The number of anilines is 1. The molecule has 1 fully saturated rings. The van der Waals surface area contributed by atoms with Crippen molar-refractivity contribution >= 4 is 23.4 Å². The molecule has 1 atom stereocenters. The highest BCUT2D eigenvalue weighted by Crippen LogP contribution is 2.24. The maximum atomic E-state index is 11.9. The molecule has 1 aliphatic heterocycles. The van der Waals surface area contributed by atoms with E-state index < -0.39 is 6.04 Å². The lowest BCUT2D eigenvalue weighted by atomic mass is 10.2. The lowest BCUT2D eigenvalue weighted by Crippen LogP contribution is -2.36. The molecule has 1 saturated heterocycles. The average molecular weight is 296 g/mol. The van der Waals surface area contributed by atoms with Crippen molar-refractivity contribution in [1.82, 2.24) is 0 Å². The highest BCUT2D eigenvalue weighted by molar-refractivity contribution is 7.98. The van der Waals surface area contributed by atoms with E-state index >= 15 is 0 Å². The van der Waals surface area contributed by atoms with Crippen LogP contribution in [0.25, 0.3) is 0 Å². The first kappa shape index (κ1) is 15.3. The fourth-order valence-electron chi connectivity index (χ4n) is 1.89. The molecule has 0 unspecified atom stereocenters. The third-order valence-corrected chi connectivity index (χ3v) is 3.69. The van der Waals surface area contributed by atoms with Gasteiger partial charge in [-0.25, -0.2) is 0 Å². The fourth-order valence-corrected chi connectivity index (χ4v) is 2.37. The van der Waals surface area contributed by atoms with Crippen molar-refractivity contribution in [1.29, 1.82) is 0 Å². The van der Waals surface area contributed by atoms with Crippen LogP contribution in [0.3, 0.4) is 0 Å². The van der Waals surface area contributed by atoms with Crippen LogP contribution in [-0.4, -0.2) is 37.2 Å². The van der Waals surface area contributed by atoms with Gasteiger partial charge in [0.25, 0.3) is 0 Å². The van der Waals surface area contributed by atoms with Gasteiger partial charge in [-0.05, 0) is 30.6 Å². The molecule has 1 aromatic carbocycles. The SMILES string of the molecule is CSCC[C@@H](N)C(=O)Nc1ccc(C2OCCO2)cc1. The normalized spacial score (nSPS) is 17.1. The Morgan fingerprint density at radius 3 is 2.65 bits per heavy atom. The maximum absolute atomic E-state index is 11.9. The Labute approximate surface area is 123 Å². The van der Waals surface area contributed by atoms with E-state index in [2.05, 4.69) is 5.32 Å². The van der Waals surface area contributed by atoms with Gasteiger partial charge in [0.1, 0.15) is 0 Å². The smallest absolute Gasteiger partial charge is 0.241 e. The number of nitrogens with two attached hydrogens (primary N) is 1. The van der Waals surface area contributed by atoms with Crippen LogP contribution >= 0.6 is 11.8 Å². The molecule has 20 heavy (non-hydrogen) atoms. The summed E-state index contributed by atoms with van der Waals surface area (Å²) in [4.78, 5) is 11.9. The first-order valence-corrected chi connectivity index (χ1v) is 7.98. The molecule has 0 radical (unpaired) electrons. The number of ether oxygens (including phenoxy) is 2. The van der Waals surface area contributed by atoms with Crippen LogP contribution in [0.15, 0.2) is 24.3 Å². The van der Waals surface area contributed by atoms with Crippen LogP contribution in [0, 0.1) is 0 Å². The number of carbonyl (C=O) groups excluding carboxylic acids is 1. The van der Waals surface area contributed by atoms with Crippen molar-refractivity contribution in [2.24, 2.45) is 5.73 Å². The molecule has 2 rings (SSSR count). The predicted molar refractivity (Wildman–Crippen MR) is 80.7 cm³/mol. The molecule has 1 aromatic rings. The molecule has 110 valence electrons. The van der Waals surface area contributed by atoms with Gasteiger partial charge >= 0.3 is 0 Å². The number of thioether (sulfide) groups is 1. The topological polar surface area (TPSA) is 73.6 Å². The molecule has 3 N–H and O–H groups in total. The van der Waals surface area contributed by atoms with Crippen molar-refractivity contribution in [3.8, 4) is 0 Å². The lowest BCUT2D eigenvalue weighted by molar-refractivity contribution is -0.117. The second-order valence-corrected chi connectivity index (χ2v) is 5.56. The van der Waals surface area contributed by atoms with Crippen LogP contribution in [0.2, 0.25) is 0 Å². The number of benzene rings is 1. The highest BCUT2D eigenvalue weighted by atomic mass is 32.2. The molecule has 0 aliphatic carbocycles. The van der Waals surface area contributed by atoms with Crippen LogP contribution in [0.5, 0.6) is 0 Å². The average Bonchev–Trinajstić information content (AvgIpc) is 2.99. The van der Waals surface area contributed by atoms with Gasteiger partial charge in [-0.15, -0.1) is 0 Å². The van der Waals surface area contributed by atoms with E-state index in [0.29, 0.717) is 19.6 Å². The van der Waals surface area contributed by atoms with Gasteiger partial charge in [-0.2, -0.15) is 11.8 Å². The van der Waals surface area contributed by atoms with Gasteiger partial charge in [0.05, 0.1) is 19.3 Å². The number of hydrogen-bond acceptors (Lipinski definition) is 5. The fraction of sp³-hybridized carbons (Fsp3) is 0.500. The number of amides is 1. The van der Waals surface area contributed by atoms with Gasteiger partial charge in [-0.3, -0.25) is 4.79 Å². The Kier molecular flexibility index (Phi) is 5.85. The Bertz CT molecular complexity index is 433.